The van der Waals surface area contributed by atoms with Crippen molar-refractivity contribution in [1.82, 2.24) is 4.90 Å². The molecule has 3 rings (SSSR count). The summed E-state index contributed by atoms with van der Waals surface area (Å²) in [6, 6.07) is 5.39. The summed E-state index contributed by atoms with van der Waals surface area (Å²) in [7, 11) is 0. The van der Waals surface area contributed by atoms with E-state index in [2.05, 4.69) is 18.7 Å². The molecule has 2 unspecified atom stereocenters. The number of piperidine rings is 1. The molecule has 7 heteroatoms. The number of halogens is 3. The molecule has 27 heavy (non-hydrogen) atoms. The van der Waals surface area contributed by atoms with Gasteiger partial charge in [0, 0.05) is 32.7 Å². The van der Waals surface area contributed by atoms with Gasteiger partial charge in [-0.25, -0.2) is 0 Å². The summed E-state index contributed by atoms with van der Waals surface area (Å²) >= 11 is 0. The number of ether oxygens (including phenoxy) is 1. The molecule has 1 aromatic rings. The van der Waals surface area contributed by atoms with Crippen LogP contribution in [0.1, 0.15) is 37.8 Å². The van der Waals surface area contributed by atoms with Crippen LogP contribution >= 0.6 is 0 Å². The highest BCUT2D eigenvalue weighted by atomic mass is 19.4. The van der Waals surface area contributed by atoms with Gasteiger partial charge < -0.3 is 9.64 Å². The van der Waals surface area contributed by atoms with Gasteiger partial charge in [0.25, 0.3) is 0 Å². The summed E-state index contributed by atoms with van der Waals surface area (Å²) in [5, 5.41) is 9.29. The van der Waals surface area contributed by atoms with Gasteiger partial charge in [-0.2, -0.15) is 18.4 Å². The second-order valence-electron chi connectivity index (χ2n) is 7.75. The Bertz CT molecular complexity index is 683. The number of hydrogen-bond donors (Lipinski definition) is 0. The van der Waals surface area contributed by atoms with Gasteiger partial charge in [0.1, 0.15) is 6.07 Å². The molecule has 2 aliphatic rings. The second kappa shape index (κ2) is 8.07. The molecule has 148 valence electrons. The van der Waals surface area contributed by atoms with Crippen molar-refractivity contribution < 1.29 is 17.9 Å². The lowest BCUT2D eigenvalue weighted by atomic mass is 9.94. The Kier molecular flexibility index (Phi) is 5.97. The first-order chi connectivity index (χ1) is 12.8. The first-order valence-corrected chi connectivity index (χ1v) is 9.50. The van der Waals surface area contributed by atoms with Crippen LogP contribution in [0.3, 0.4) is 0 Å². The van der Waals surface area contributed by atoms with E-state index < -0.39 is 11.7 Å². The van der Waals surface area contributed by atoms with Crippen LogP contribution in [0.4, 0.5) is 18.9 Å². The average Bonchev–Trinajstić information content (AvgIpc) is 2.60. The monoisotopic (exact) mass is 381 g/mol. The Balaban J connectivity index is 1.60. The number of rotatable bonds is 3. The molecule has 2 atom stereocenters. The van der Waals surface area contributed by atoms with Crippen LogP contribution < -0.4 is 4.90 Å². The van der Waals surface area contributed by atoms with E-state index in [1.54, 1.807) is 0 Å². The molecule has 0 aromatic heterocycles. The van der Waals surface area contributed by atoms with Gasteiger partial charge >= 0.3 is 6.18 Å². The van der Waals surface area contributed by atoms with Crippen LogP contribution in [0, 0.1) is 17.2 Å². The molecule has 0 bridgehead atoms. The van der Waals surface area contributed by atoms with Gasteiger partial charge in [-0.1, -0.05) is 0 Å². The molecular formula is C20H26F3N3O. The van der Waals surface area contributed by atoms with Crippen molar-refractivity contribution in [1.29, 1.82) is 5.26 Å². The van der Waals surface area contributed by atoms with Gasteiger partial charge in [-0.15, -0.1) is 0 Å². The molecule has 2 aliphatic heterocycles. The third kappa shape index (κ3) is 4.94. The molecule has 0 amide bonds. The third-order valence-corrected chi connectivity index (χ3v) is 5.41. The second-order valence-corrected chi connectivity index (χ2v) is 7.75. The fourth-order valence-corrected chi connectivity index (χ4v) is 4.23. The molecule has 0 radical (unpaired) electrons. The maximum absolute atomic E-state index is 12.9. The lowest BCUT2D eigenvalue weighted by Gasteiger charge is -2.40. The van der Waals surface area contributed by atoms with Crippen LogP contribution in [0.15, 0.2) is 18.2 Å². The summed E-state index contributed by atoms with van der Waals surface area (Å²) in [6.45, 7) is 8.65. The predicted molar refractivity (Wildman–Crippen MR) is 97.5 cm³/mol. The topological polar surface area (TPSA) is 39.5 Å². The SMILES string of the molecule is CC1CN(CC2CCN(c3ccc(C(F)(F)F)cc3C#N)CC2)CC(C)O1. The number of morpholine rings is 1. The van der Waals surface area contributed by atoms with Crippen LogP contribution in [0.2, 0.25) is 0 Å². The molecule has 0 saturated carbocycles. The summed E-state index contributed by atoms with van der Waals surface area (Å²) in [5.74, 6) is 0.568. The average molecular weight is 381 g/mol. The normalized spacial score (nSPS) is 25.4. The van der Waals surface area contributed by atoms with Crippen molar-refractivity contribution in [3.05, 3.63) is 29.3 Å². The Morgan fingerprint density at radius 3 is 2.33 bits per heavy atom. The van der Waals surface area contributed by atoms with Gasteiger partial charge in [0.2, 0.25) is 0 Å². The van der Waals surface area contributed by atoms with Crippen molar-refractivity contribution in [2.24, 2.45) is 5.92 Å². The molecule has 2 fully saturated rings. The molecule has 1 aromatic carbocycles. The quantitative estimate of drug-likeness (QED) is 0.796. The van der Waals surface area contributed by atoms with E-state index in [9.17, 15) is 18.4 Å². The van der Waals surface area contributed by atoms with Crippen LogP contribution in [-0.2, 0) is 10.9 Å². The van der Waals surface area contributed by atoms with Crippen molar-refractivity contribution in [3.8, 4) is 6.07 Å². The van der Waals surface area contributed by atoms with Crippen LogP contribution in [0.25, 0.3) is 0 Å². The fourth-order valence-electron chi connectivity index (χ4n) is 4.23. The largest absolute Gasteiger partial charge is 0.416 e. The molecule has 0 N–H and O–H groups in total. The maximum Gasteiger partial charge on any atom is 0.416 e. The van der Waals surface area contributed by atoms with E-state index in [0.717, 1.165) is 57.7 Å². The zero-order valence-corrected chi connectivity index (χ0v) is 15.8. The molecular weight excluding hydrogens is 355 g/mol. The first kappa shape index (κ1) is 20.0. The highest BCUT2D eigenvalue weighted by Crippen LogP contribution is 2.34. The first-order valence-electron chi connectivity index (χ1n) is 9.50. The number of nitrogens with zero attached hydrogens (tertiary/aromatic N) is 3. The smallest absolute Gasteiger partial charge is 0.373 e. The number of hydrogen-bond acceptors (Lipinski definition) is 4. The van der Waals surface area contributed by atoms with E-state index in [4.69, 9.17) is 4.74 Å². The van der Waals surface area contributed by atoms with Gasteiger partial charge in [0.05, 0.1) is 29.0 Å². The van der Waals surface area contributed by atoms with Crippen molar-refractivity contribution in [2.75, 3.05) is 37.6 Å². The van der Waals surface area contributed by atoms with E-state index in [0.29, 0.717) is 11.6 Å². The minimum absolute atomic E-state index is 0.0964. The lowest BCUT2D eigenvalue weighted by molar-refractivity contribution is -0.137. The van der Waals surface area contributed by atoms with Crippen LogP contribution in [-0.4, -0.2) is 49.8 Å². The number of nitriles is 1. The summed E-state index contributed by atoms with van der Waals surface area (Å²) in [6.07, 6.45) is -1.97. The highest BCUT2D eigenvalue weighted by molar-refractivity contribution is 5.61. The standard InChI is InChI=1S/C20H26F3N3O/c1-14-11-25(12-15(2)27-14)13-16-5-7-26(8-6-16)19-4-3-18(20(21,22)23)9-17(19)10-24/h3-4,9,14-16H,5-8,11-13H2,1-2H3. The van der Waals surface area contributed by atoms with Gasteiger partial charge in [0.15, 0.2) is 0 Å². The highest BCUT2D eigenvalue weighted by Gasteiger charge is 2.32. The van der Waals surface area contributed by atoms with Gasteiger partial charge in [-0.05, 0) is 50.8 Å². The van der Waals surface area contributed by atoms with E-state index in [1.807, 2.05) is 11.0 Å². The Hall–Kier alpha value is -1.78. The zero-order chi connectivity index (χ0) is 19.6. The van der Waals surface area contributed by atoms with Crippen molar-refractivity contribution in [3.63, 3.8) is 0 Å². The van der Waals surface area contributed by atoms with E-state index >= 15 is 0 Å². The Morgan fingerprint density at radius 1 is 1.15 bits per heavy atom. The molecule has 4 nitrogen and oxygen atoms in total. The number of benzene rings is 1. The van der Waals surface area contributed by atoms with Crippen molar-refractivity contribution in [2.45, 2.75) is 45.1 Å². The van der Waals surface area contributed by atoms with Crippen LogP contribution in [0.5, 0.6) is 0 Å². The Morgan fingerprint density at radius 2 is 1.78 bits per heavy atom. The molecule has 0 aliphatic carbocycles. The minimum Gasteiger partial charge on any atom is -0.373 e. The third-order valence-electron chi connectivity index (χ3n) is 5.41. The molecule has 2 saturated heterocycles. The zero-order valence-electron chi connectivity index (χ0n) is 15.8. The predicted octanol–water partition coefficient (Wildman–Crippen LogP) is 3.90. The fraction of sp³-hybridized carbons (Fsp3) is 0.650. The molecule has 0 spiro atoms. The lowest BCUT2D eigenvalue weighted by Crippen LogP contribution is -2.48. The van der Waals surface area contributed by atoms with E-state index in [1.165, 1.54) is 6.07 Å². The summed E-state index contributed by atoms with van der Waals surface area (Å²) in [5.41, 5.74) is -0.0649. The van der Waals surface area contributed by atoms with Crippen molar-refractivity contribution >= 4 is 5.69 Å². The number of alkyl halides is 3. The van der Waals surface area contributed by atoms with E-state index in [-0.39, 0.29) is 17.8 Å². The summed E-state index contributed by atoms with van der Waals surface area (Å²) < 4.78 is 44.4. The maximum atomic E-state index is 12.9. The Labute approximate surface area is 158 Å². The van der Waals surface area contributed by atoms with Gasteiger partial charge in [-0.3, -0.25) is 4.90 Å². The minimum atomic E-state index is -4.43. The molecule has 2 heterocycles. The summed E-state index contributed by atoms with van der Waals surface area (Å²) in [4.78, 5) is 4.50. The number of anilines is 1.